The van der Waals surface area contributed by atoms with Gasteiger partial charge in [0.1, 0.15) is 15.7 Å². The van der Waals surface area contributed by atoms with Crippen LogP contribution in [0, 0.1) is 0 Å². The van der Waals surface area contributed by atoms with Crippen molar-refractivity contribution in [3.05, 3.63) is 18.2 Å². The van der Waals surface area contributed by atoms with Gasteiger partial charge in [0.05, 0.1) is 10.3 Å². The third-order valence-corrected chi connectivity index (χ3v) is 3.65. The zero-order chi connectivity index (χ0) is 13.8. The molecule has 0 spiro atoms. The van der Waals surface area contributed by atoms with E-state index >= 15 is 0 Å². The third kappa shape index (κ3) is 2.22. The first kappa shape index (κ1) is 13.6. The van der Waals surface area contributed by atoms with Crippen LogP contribution in [0.25, 0.3) is 0 Å². The van der Waals surface area contributed by atoms with Crippen molar-refractivity contribution in [2.75, 3.05) is 0 Å². The molecular weight excluding hydrogens is 276 g/mol. The van der Waals surface area contributed by atoms with E-state index in [1.807, 2.05) is 0 Å². The van der Waals surface area contributed by atoms with Crippen LogP contribution in [0.15, 0.2) is 23.1 Å². The van der Waals surface area contributed by atoms with Gasteiger partial charge in [-0.2, -0.15) is 0 Å². The Bertz CT molecular complexity index is 601. The molecule has 1 aromatic carbocycles. The van der Waals surface area contributed by atoms with Crippen LogP contribution in [-0.4, -0.2) is 48.1 Å². The minimum Gasteiger partial charge on any atom is -0.497 e. The van der Waals surface area contributed by atoms with Crippen molar-refractivity contribution in [2.45, 2.75) is 16.0 Å². The highest BCUT2D eigenvalue weighted by Crippen LogP contribution is 2.40. The van der Waals surface area contributed by atoms with Crippen molar-refractivity contribution >= 4 is 43.3 Å². The molecule has 2 rings (SSSR count). The number of hydrogen-bond acceptors (Lipinski definition) is 5. The molecule has 1 heterocycles. The molecular formula is C8H4B3ClO5S. The number of benzene rings is 1. The number of ether oxygens (including phenoxy) is 2. The van der Waals surface area contributed by atoms with E-state index in [0.717, 1.165) is 6.07 Å². The first-order valence-corrected chi connectivity index (χ1v) is 6.90. The Morgan fingerprint density at radius 3 is 2.33 bits per heavy atom. The molecule has 1 atom stereocenters. The lowest BCUT2D eigenvalue weighted by atomic mass is 9.54. The highest BCUT2D eigenvalue weighted by Gasteiger charge is 2.46. The van der Waals surface area contributed by atoms with Crippen molar-refractivity contribution in [2.24, 2.45) is 0 Å². The second-order valence-electron chi connectivity index (χ2n) is 3.74. The molecule has 6 radical (unpaired) electrons. The van der Waals surface area contributed by atoms with Crippen molar-refractivity contribution in [3.8, 4) is 11.5 Å². The molecule has 88 valence electrons. The highest BCUT2D eigenvalue weighted by molar-refractivity contribution is 8.13. The van der Waals surface area contributed by atoms with Crippen LogP contribution in [0.5, 0.6) is 11.5 Å². The molecule has 18 heavy (non-hydrogen) atoms. The minimum absolute atomic E-state index is 0.0270. The summed E-state index contributed by atoms with van der Waals surface area (Å²) < 4.78 is 32.2. The second-order valence-corrected chi connectivity index (χ2v) is 6.31. The minimum atomic E-state index is -3.95. The molecule has 5 nitrogen and oxygen atoms in total. The molecule has 0 bridgehead atoms. The zero-order valence-electron chi connectivity index (χ0n) is 8.83. The molecule has 0 amide bonds. The summed E-state index contributed by atoms with van der Waals surface area (Å²) in [5, 5.41) is 7.46. The molecule has 0 fully saturated rings. The quantitative estimate of drug-likeness (QED) is 0.538. The fourth-order valence-electron chi connectivity index (χ4n) is 1.31. The van der Waals surface area contributed by atoms with Gasteiger partial charge in [0.15, 0.2) is 25.0 Å². The summed E-state index contributed by atoms with van der Waals surface area (Å²) in [6, 6.07) is 3.43. The predicted octanol–water partition coefficient (Wildman–Crippen LogP) is -0.809. The molecule has 1 aliphatic rings. The van der Waals surface area contributed by atoms with Gasteiger partial charge in [0.2, 0.25) is 0 Å². The van der Waals surface area contributed by atoms with Crippen LogP contribution >= 0.6 is 10.7 Å². The summed E-state index contributed by atoms with van der Waals surface area (Å²) in [5.41, 5.74) is -2.52. The van der Waals surface area contributed by atoms with E-state index in [4.69, 9.17) is 43.7 Å². The highest BCUT2D eigenvalue weighted by atomic mass is 35.7. The Kier molecular flexibility index (Phi) is 2.92. The number of hydrogen-bond donors (Lipinski definition) is 1. The zero-order valence-corrected chi connectivity index (χ0v) is 10.4. The Morgan fingerprint density at radius 1 is 1.17 bits per heavy atom. The van der Waals surface area contributed by atoms with Gasteiger partial charge >= 0.3 is 0 Å². The van der Waals surface area contributed by atoms with Crippen molar-refractivity contribution in [3.63, 3.8) is 0 Å². The van der Waals surface area contributed by atoms with Gasteiger partial charge < -0.3 is 14.6 Å². The van der Waals surface area contributed by atoms with E-state index in [9.17, 15) is 13.5 Å². The summed E-state index contributed by atoms with van der Waals surface area (Å²) in [4.78, 5) is -0.246. The molecule has 0 aliphatic carbocycles. The summed E-state index contributed by atoms with van der Waals surface area (Å²) >= 11 is 0. The molecule has 1 aromatic rings. The van der Waals surface area contributed by atoms with Crippen LogP contribution in [-0.2, 0) is 9.05 Å². The first-order chi connectivity index (χ1) is 8.03. The second kappa shape index (κ2) is 3.85. The molecule has 0 aromatic heterocycles. The molecule has 1 N–H and O–H groups in total. The number of fused-ring (bicyclic) bond motifs is 1. The first-order valence-electron chi connectivity index (χ1n) is 4.59. The Morgan fingerprint density at radius 2 is 1.78 bits per heavy atom. The molecule has 0 saturated carbocycles. The molecule has 1 unspecified atom stereocenters. The van der Waals surface area contributed by atoms with Gasteiger partial charge in [-0.25, -0.2) is 8.42 Å². The summed E-state index contributed by atoms with van der Waals surface area (Å²) in [5.74, 6) is -0.118. The molecule has 1 aliphatic heterocycles. The van der Waals surface area contributed by atoms with E-state index in [-0.39, 0.29) is 16.4 Å². The largest absolute Gasteiger partial charge is 0.497 e. The van der Waals surface area contributed by atoms with Crippen molar-refractivity contribution in [1.82, 2.24) is 0 Å². The van der Waals surface area contributed by atoms with Gasteiger partial charge in [-0.1, -0.05) is 0 Å². The van der Waals surface area contributed by atoms with E-state index in [0.29, 0.717) is 0 Å². The van der Waals surface area contributed by atoms with Gasteiger partial charge in [-0.3, -0.25) is 0 Å². The third-order valence-electron chi connectivity index (χ3n) is 2.30. The van der Waals surface area contributed by atoms with E-state index in [1.165, 1.54) is 12.1 Å². The fraction of sp³-hybridized carbons (Fsp3) is 0.250. The van der Waals surface area contributed by atoms with Gasteiger partial charge in [-0.15, -0.1) is 0 Å². The van der Waals surface area contributed by atoms with E-state index in [2.05, 4.69) is 0 Å². The van der Waals surface area contributed by atoms with Crippen molar-refractivity contribution < 1.29 is 23.0 Å². The maximum Gasteiger partial charge on any atom is 0.261 e. The Balaban J connectivity index is 2.52. The Hall–Kier alpha value is -0.785. The lowest BCUT2D eigenvalue weighted by molar-refractivity contribution is -0.140. The van der Waals surface area contributed by atoms with Crippen LogP contribution in [0.1, 0.15) is 0 Å². The number of halogens is 1. The van der Waals surface area contributed by atoms with Crippen molar-refractivity contribution in [1.29, 1.82) is 0 Å². The average Bonchev–Trinajstić information content (AvgIpc) is 2.16. The lowest BCUT2D eigenvalue weighted by Crippen LogP contribution is -2.65. The van der Waals surface area contributed by atoms with Crippen LogP contribution in [0.3, 0.4) is 0 Å². The summed E-state index contributed by atoms with van der Waals surface area (Å²) in [6.45, 7) is 0. The number of aliphatic hydroxyl groups is 1. The number of rotatable bonds is 1. The SMILES string of the molecule is [B]C1([B])Oc2ccc(S(=O)(=O)Cl)cc2OC1([B])O. The molecule has 10 heteroatoms. The van der Waals surface area contributed by atoms with Crippen LogP contribution in [0.2, 0.25) is 0 Å². The van der Waals surface area contributed by atoms with Gasteiger partial charge in [0, 0.05) is 16.7 Å². The monoisotopic (exact) mass is 280 g/mol. The van der Waals surface area contributed by atoms with E-state index in [1.54, 1.807) is 0 Å². The molecule has 0 saturated heterocycles. The van der Waals surface area contributed by atoms with E-state index < -0.39 is 20.1 Å². The standard InChI is InChI=1S/C8H4B3ClO5S/c9-7(10)8(11,13)17-6-3-4(18(12,14)15)1-2-5(6)16-7/h1-3,13H. The fourth-order valence-corrected chi connectivity index (χ4v) is 2.07. The maximum absolute atomic E-state index is 11.1. The van der Waals surface area contributed by atoms with Gasteiger partial charge in [-0.05, 0) is 12.1 Å². The normalized spacial score (nSPS) is 25.7. The smallest absolute Gasteiger partial charge is 0.261 e. The van der Waals surface area contributed by atoms with Gasteiger partial charge in [0.25, 0.3) is 9.05 Å². The summed E-state index contributed by atoms with van der Waals surface area (Å²) in [6.07, 6.45) is 0. The van der Waals surface area contributed by atoms with Crippen LogP contribution < -0.4 is 9.47 Å². The maximum atomic E-state index is 11.1. The van der Waals surface area contributed by atoms with Crippen LogP contribution in [0.4, 0.5) is 0 Å². The summed E-state index contributed by atoms with van der Waals surface area (Å²) in [7, 11) is 17.3. The predicted molar refractivity (Wildman–Crippen MR) is 65.7 cm³/mol. The Labute approximate surface area is 112 Å². The average molecular weight is 280 g/mol. The topological polar surface area (TPSA) is 72.8 Å². The lowest BCUT2D eigenvalue weighted by Gasteiger charge is -2.46.